The molecule has 0 saturated heterocycles. The van der Waals surface area contributed by atoms with Crippen LogP contribution in [0.1, 0.15) is 31.0 Å². The van der Waals surface area contributed by atoms with Crippen molar-refractivity contribution in [2.75, 3.05) is 6.54 Å². The van der Waals surface area contributed by atoms with E-state index >= 15 is 0 Å². The molecule has 1 atom stereocenters. The Morgan fingerprint density at radius 1 is 1.25 bits per heavy atom. The Morgan fingerprint density at radius 3 is 2.65 bits per heavy atom. The highest BCUT2D eigenvalue weighted by Crippen LogP contribution is 2.27. The van der Waals surface area contributed by atoms with Crippen molar-refractivity contribution < 1.29 is 9.84 Å². The van der Waals surface area contributed by atoms with Gasteiger partial charge in [-0.3, -0.25) is 0 Å². The van der Waals surface area contributed by atoms with E-state index in [1.165, 1.54) is 0 Å². The largest absolute Gasteiger partial charge is 0.439 e. The summed E-state index contributed by atoms with van der Waals surface area (Å²) in [5.41, 5.74) is 1.89. The van der Waals surface area contributed by atoms with Crippen LogP contribution < -0.4 is 10.1 Å². The number of aromatic nitrogens is 1. The number of nitrogens with one attached hydrogen (secondary N) is 1. The van der Waals surface area contributed by atoms with E-state index < -0.39 is 0 Å². The number of aliphatic hydroxyl groups is 1. The van der Waals surface area contributed by atoms with Crippen molar-refractivity contribution in [3.63, 3.8) is 0 Å². The average molecular weight is 272 g/mol. The van der Waals surface area contributed by atoms with Gasteiger partial charge in [0.1, 0.15) is 5.75 Å². The van der Waals surface area contributed by atoms with Crippen molar-refractivity contribution >= 4 is 0 Å². The van der Waals surface area contributed by atoms with Crippen LogP contribution in [0.15, 0.2) is 42.6 Å². The zero-order valence-electron chi connectivity index (χ0n) is 11.8. The van der Waals surface area contributed by atoms with Gasteiger partial charge in [0.15, 0.2) is 0 Å². The lowest BCUT2D eigenvalue weighted by molar-refractivity contribution is 0.281. The second kappa shape index (κ2) is 7.03. The van der Waals surface area contributed by atoms with Gasteiger partial charge in [0.25, 0.3) is 0 Å². The Morgan fingerprint density at radius 2 is 2.00 bits per heavy atom. The van der Waals surface area contributed by atoms with Gasteiger partial charge >= 0.3 is 0 Å². The van der Waals surface area contributed by atoms with Crippen molar-refractivity contribution in [2.24, 2.45) is 0 Å². The van der Waals surface area contributed by atoms with Gasteiger partial charge in [0.2, 0.25) is 5.88 Å². The summed E-state index contributed by atoms with van der Waals surface area (Å²) in [5.74, 6) is 1.32. The molecule has 0 radical (unpaired) electrons. The monoisotopic (exact) mass is 272 g/mol. The second-order valence-electron chi connectivity index (χ2n) is 4.58. The lowest BCUT2D eigenvalue weighted by Crippen LogP contribution is -2.18. The van der Waals surface area contributed by atoms with E-state index in [1.54, 1.807) is 6.20 Å². The van der Waals surface area contributed by atoms with Crippen LogP contribution in [0.5, 0.6) is 11.6 Å². The first kappa shape index (κ1) is 14.5. The standard InChI is InChI=1S/C16H20N2O2/c1-3-17-12(2)15-5-4-10-18-16(15)20-14-8-6-13(11-19)7-9-14/h4-10,12,17,19H,3,11H2,1-2H3. The molecule has 4 heteroatoms. The molecule has 0 fully saturated rings. The van der Waals surface area contributed by atoms with Crippen LogP contribution in [-0.2, 0) is 6.61 Å². The summed E-state index contributed by atoms with van der Waals surface area (Å²) in [6, 6.07) is 11.4. The van der Waals surface area contributed by atoms with Crippen LogP contribution in [0.3, 0.4) is 0 Å². The Labute approximate surface area is 119 Å². The normalized spacial score (nSPS) is 12.2. The van der Waals surface area contributed by atoms with E-state index in [9.17, 15) is 0 Å². The van der Waals surface area contributed by atoms with Crippen LogP contribution in [-0.4, -0.2) is 16.6 Å². The molecular weight excluding hydrogens is 252 g/mol. The quantitative estimate of drug-likeness (QED) is 0.848. The smallest absolute Gasteiger partial charge is 0.223 e. The maximum Gasteiger partial charge on any atom is 0.223 e. The minimum absolute atomic E-state index is 0.0343. The fourth-order valence-electron chi connectivity index (χ4n) is 2.01. The lowest BCUT2D eigenvalue weighted by Gasteiger charge is -2.16. The molecule has 1 aromatic carbocycles. The summed E-state index contributed by atoms with van der Waals surface area (Å²) >= 11 is 0. The molecular formula is C16H20N2O2. The van der Waals surface area contributed by atoms with Gasteiger partial charge in [-0.15, -0.1) is 0 Å². The molecule has 2 N–H and O–H groups in total. The number of benzene rings is 1. The summed E-state index contributed by atoms with van der Waals surface area (Å²) in [5, 5.41) is 12.4. The number of nitrogens with zero attached hydrogens (tertiary/aromatic N) is 1. The molecule has 106 valence electrons. The summed E-state index contributed by atoms with van der Waals surface area (Å²) in [4.78, 5) is 4.31. The Bertz CT molecular complexity index is 540. The number of aliphatic hydroxyl groups excluding tert-OH is 1. The van der Waals surface area contributed by atoms with Gasteiger partial charge in [-0.1, -0.05) is 25.1 Å². The minimum atomic E-state index is 0.0343. The summed E-state index contributed by atoms with van der Waals surface area (Å²) < 4.78 is 5.84. The van der Waals surface area contributed by atoms with Crippen LogP contribution in [0, 0.1) is 0 Å². The molecule has 1 unspecified atom stereocenters. The van der Waals surface area contributed by atoms with E-state index in [-0.39, 0.29) is 12.6 Å². The molecule has 1 heterocycles. The third kappa shape index (κ3) is 3.56. The highest BCUT2D eigenvalue weighted by molar-refractivity contribution is 5.35. The number of hydrogen-bond donors (Lipinski definition) is 2. The van der Waals surface area contributed by atoms with Gasteiger partial charge < -0.3 is 15.2 Å². The van der Waals surface area contributed by atoms with Crippen molar-refractivity contribution in [1.29, 1.82) is 0 Å². The van der Waals surface area contributed by atoms with Gasteiger partial charge in [0, 0.05) is 17.8 Å². The van der Waals surface area contributed by atoms with Crippen molar-refractivity contribution in [2.45, 2.75) is 26.5 Å². The number of rotatable bonds is 6. The molecule has 0 aliphatic carbocycles. The number of ether oxygens (including phenoxy) is 1. The zero-order chi connectivity index (χ0) is 14.4. The maximum absolute atomic E-state index is 9.03. The molecule has 2 rings (SSSR count). The zero-order valence-corrected chi connectivity index (χ0v) is 11.8. The fraction of sp³-hybridized carbons (Fsp3) is 0.312. The summed E-state index contributed by atoms with van der Waals surface area (Å²) in [7, 11) is 0. The Hall–Kier alpha value is -1.91. The number of hydrogen-bond acceptors (Lipinski definition) is 4. The molecule has 0 bridgehead atoms. The summed E-state index contributed by atoms with van der Waals surface area (Å²) in [6.45, 7) is 5.08. The second-order valence-corrected chi connectivity index (χ2v) is 4.58. The first-order valence-corrected chi connectivity index (χ1v) is 6.80. The predicted molar refractivity (Wildman–Crippen MR) is 78.8 cm³/mol. The van der Waals surface area contributed by atoms with Crippen molar-refractivity contribution in [3.8, 4) is 11.6 Å². The first-order chi connectivity index (χ1) is 9.74. The maximum atomic E-state index is 9.03. The Balaban J connectivity index is 2.19. The highest BCUT2D eigenvalue weighted by atomic mass is 16.5. The summed E-state index contributed by atoms with van der Waals surface area (Å²) in [6.07, 6.45) is 1.72. The van der Waals surface area contributed by atoms with Gasteiger partial charge in [-0.25, -0.2) is 4.98 Å². The van der Waals surface area contributed by atoms with Crippen LogP contribution in [0.4, 0.5) is 0 Å². The molecule has 0 aliphatic heterocycles. The molecule has 4 nitrogen and oxygen atoms in total. The Kier molecular flexibility index (Phi) is 5.09. The number of pyridine rings is 1. The molecule has 0 saturated carbocycles. The van der Waals surface area contributed by atoms with E-state index in [0.717, 1.165) is 17.7 Å². The third-order valence-electron chi connectivity index (χ3n) is 3.10. The fourth-order valence-corrected chi connectivity index (χ4v) is 2.01. The van der Waals surface area contributed by atoms with Crippen LogP contribution >= 0.6 is 0 Å². The van der Waals surface area contributed by atoms with Crippen molar-refractivity contribution in [3.05, 3.63) is 53.7 Å². The SMILES string of the molecule is CCNC(C)c1cccnc1Oc1ccc(CO)cc1. The van der Waals surface area contributed by atoms with Gasteiger partial charge in [-0.2, -0.15) is 0 Å². The van der Waals surface area contributed by atoms with E-state index in [1.807, 2.05) is 36.4 Å². The van der Waals surface area contributed by atoms with E-state index in [4.69, 9.17) is 9.84 Å². The van der Waals surface area contributed by atoms with Gasteiger partial charge in [-0.05, 0) is 37.2 Å². The predicted octanol–water partition coefficient (Wildman–Crippen LogP) is 3.04. The highest BCUT2D eigenvalue weighted by Gasteiger charge is 2.12. The van der Waals surface area contributed by atoms with Gasteiger partial charge in [0.05, 0.1) is 6.61 Å². The third-order valence-corrected chi connectivity index (χ3v) is 3.10. The minimum Gasteiger partial charge on any atom is -0.439 e. The van der Waals surface area contributed by atoms with Crippen molar-refractivity contribution in [1.82, 2.24) is 10.3 Å². The van der Waals surface area contributed by atoms with Crippen LogP contribution in [0.25, 0.3) is 0 Å². The molecule has 20 heavy (non-hydrogen) atoms. The molecule has 0 amide bonds. The molecule has 2 aromatic rings. The van der Waals surface area contributed by atoms with E-state index in [2.05, 4.69) is 24.1 Å². The topological polar surface area (TPSA) is 54.4 Å². The average Bonchev–Trinajstić information content (AvgIpc) is 2.49. The van der Waals surface area contributed by atoms with Crippen LogP contribution in [0.2, 0.25) is 0 Å². The molecule has 0 spiro atoms. The molecule has 0 aliphatic rings. The lowest BCUT2D eigenvalue weighted by atomic mass is 10.1. The molecule has 1 aromatic heterocycles. The van der Waals surface area contributed by atoms with E-state index in [0.29, 0.717) is 11.6 Å². The first-order valence-electron chi connectivity index (χ1n) is 6.80.